The van der Waals surface area contributed by atoms with Gasteiger partial charge in [0.1, 0.15) is 5.56 Å². The molecule has 0 aliphatic carbocycles. The van der Waals surface area contributed by atoms with Gasteiger partial charge in [0.05, 0.1) is 10.5 Å². The Kier molecular flexibility index (Phi) is 6.51. The van der Waals surface area contributed by atoms with Gasteiger partial charge in [-0.05, 0) is 61.4 Å². The average molecular weight is 478 g/mol. The van der Waals surface area contributed by atoms with E-state index in [0.717, 1.165) is 23.0 Å². The summed E-state index contributed by atoms with van der Waals surface area (Å²) in [6.07, 6.45) is -3.50. The van der Waals surface area contributed by atoms with Crippen LogP contribution in [0.5, 0.6) is 0 Å². The highest BCUT2D eigenvalue weighted by Gasteiger charge is 2.31. The standard InChI is InChI=1S/C23H21F3N2O4S/c1-14-11-15(2)28(18-6-4-5-17(12-18)23(24,25)26)22(30)20(14)21(29)27-13-16-7-9-19(10-8-16)33(3,31)32/h4-12H,13H2,1-3H3,(H,27,29). The first kappa shape index (κ1) is 24.2. The van der Waals surface area contributed by atoms with Gasteiger partial charge in [-0.2, -0.15) is 13.2 Å². The molecule has 1 heterocycles. The van der Waals surface area contributed by atoms with Gasteiger partial charge in [-0.3, -0.25) is 14.2 Å². The Labute approximate surface area is 188 Å². The van der Waals surface area contributed by atoms with Crippen molar-refractivity contribution in [1.82, 2.24) is 9.88 Å². The topological polar surface area (TPSA) is 85.2 Å². The van der Waals surface area contributed by atoms with E-state index >= 15 is 0 Å². The van der Waals surface area contributed by atoms with Crippen LogP contribution in [-0.2, 0) is 22.6 Å². The Morgan fingerprint density at radius 3 is 2.24 bits per heavy atom. The normalized spacial score (nSPS) is 11.9. The van der Waals surface area contributed by atoms with Crippen molar-refractivity contribution < 1.29 is 26.4 Å². The number of carbonyl (C=O) groups excluding carboxylic acids is 1. The third-order valence-corrected chi connectivity index (χ3v) is 6.18. The lowest BCUT2D eigenvalue weighted by Crippen LogP contribution is -2.34. The van der Waals surface area contributed by atoms with Gasteiger partial charge >= 0.3 is 6.18 Å². The second-order valence-electron chi connectivity index (χ2n) is 7.63. The molecule has 6 nitrogen and oxygen atoms in total. The van der Waals surface area contributed by atoms with E-state index in [4.69, 9.17) is 0 Å². The maximum Gasteiger partial charge on any atom is 0.416 e. The van der Waals surface area contributed by atoms with E-state index in [0.29, 0.717) is 16.8 Å². The molecule has 3 rings (SSSR count). The van der Waals surface area contributed by atoms with Gasteiger partial charge in [0, 0.05) is 24.2 Å². The van der Waals surface area contributed by atoms with E-state index in [2.05, 4.69) is 5.32 Å². The zero-order valence-electron chi connectivity index (χ0n) is 18.0. The number of hydrogen-bond acceptors (Lipinski definition) is 4. The van der Waals surface area contributed by atoms with Crippen LogP contribution in [0.4, 0.5) is 13.2 Å². The zero-order chi connectivity index (χ0) is 24.6. The number of amides is 1. The maximum absolute atomic E-state index is 13.1. The summed E-state index contributed by atoms with van der Waals surface area (Å²) in [5.41, 5.74) is -0.468. The van der Waals surface area contributed by atoms with E-state index in [9.17, 15) is 31.2 Å². The minimum Gasteiger partial charge on any atom is -0.348 e. The average Bonchev–Trinajstić information content (AvgIpc) is 2.71. The monoisotopic (exact) mass is 478 g/mol. The second kappa shape index (κ2) is 8.86. The smallest absolute Gasteiger partial charge is 0.348 e. The molecule has 0 aliphatic rings. The van der Waals surface area contributed by atoms with Crippen LogP contribution in [-0.4, -0.2) is 25.1 Å². The molecule has 174 valence electrons. The molecular weight excluding hydrogens is 457 g/mol. The van der Waals surface area contributed by atoms with E-state index in [-0.39, 0.29) is 22.7 Å². The lowest BCUT2D eigenvalue weighted by Gasteiger charge is -2.16. The number of nitrogens with one attached hydrogen (secondary N) is 1. The summed E-state index contributed by atoms with van der Waals surface area (Å²) in [5.74, 6) is -0.689. The SMILES string of the molecule is Cc1cc(C)n(-c2cccc(C(F)(F)F)c2)c(=O)c1C(=O)NCc1ccc(S(C)(=O)=O)cc1. The molecule has 0 saturated carbocycles. The fourth-order valence-corrected chi connectivity index (χ4v) is 4.06. The van der Waals surface area contributed by atoms with Crippen LogP contribution >= 0.6 is 0 Å². The van der Waals surface area contributed by atoms with Crippen molar-refractivity contribution in [2.45, 2.75) is 31.5 Å². The van der Waals surface area contributed by atoms with Crippen molar-refractivity contribution in [3.8, 4) is 5.69 Å². The largest absolute Gasteiger partial charge is 0.416 e. The molecule has 10 heteroatoms. The first-order valence-electron chi connectivity index (χ1n) is 9.77. The van der Waals surface area contributed by atoms with Crippen molar-refractivity contribution in [2.24, 2.45) is 0 Å². The number of alkyl halides is 3. The Hall–Kier alpha value is -3.40. The number of aryl methyl sites for hydroxylation is 2. The van der Waals surface area contributed by atoms with E-state index in [1.54, 1.807) is 32.0 Å². The summed E-state index contributed by atoms with van der Waals surface area (Å²) < 4.78 is 63.5. The first-order chi connectivity index (χ1) is 15.3. The van der Waals surface area contributed by atoms with Gasteiger partial charge in [0.2, 0.25) is 0 Å². The van der Waals surface area contributed by atoms with Crippen LogP contribution in [0.25, 0.3) is 5.69 Å². The van der Waals surface area contributed by atoms with Crippen molar-refractivity contribution >= 4 is 15.7 Å². The Balaban J connectivity index is 1.93. The molecule has 1 amide bonds. The first-order valence-corrected chi connectivity index (χ1v) is 11.7. The van der Waals surface area contributed by atoms with Crippen LogP contribution in [0.15, 0.2) is 64.3 Å². The lowest BCUT2D eigenvalue weighted by molar-refractivity contribution is -0.137. The third kappa shape index (κ3) is 5.33. The maximum atomic E-state index is 13.1. The number of halogens is 3. The molecule has 0 radical (unpaired) electrons. The molecule has 0 spiro atoms. The fourth-order valence-electron chi connectivity index (χ4n) is 3.43. The number of pyridine rings is 1. The van der Waals surface area contributed by atoms with E-state index in [1.165, 1.54) is 24.3 Å². The van der Waals surface area contributed by atoms with Gasteiger partial charge in [-0.15, -0.1) is 0 Å². The fraction of sp³-hybridized carbons (Fsp3) is 0.217. The highest BCUT2D eigenvalue weighted by atomic mass is 32.2. The molecule has 1 N–H and O–H groups in total. The summed E-state index contributed by atoms with van der Waals surface area (Å²) in [5, 5.41) is 2.61. The van der Waals surface area contributed by atoms with Crippen molar-refractivity contribution in [1.29, 1.82) is 0 Å². The molecule has 2 aromatic carbocycles. The molecule has 0 saturated heterocycles. The molecule has 33 heavy (non-hydrogen) atoms. The summed E-state index contributed by atoms with van der Waals surface area (Å²) >= 11 is 0. The minimum absolute atomic E-state index is 0.00209. The van der Waals surface area contributed by atoms with E-state index in [1.807, 2.05) is 0 Å². The van der Waals surface area contributed by atoms with Crippen molar-refractivity contribution in [2.75, 3.05) is 6.26 Å². The molecule has 0 fully saturated rings. The summed E-state index contributed by atoms with van der Waals surface area (Å²) in [4.78, 5) is 26.1. The number of sulfone groups is 1. The van der Waals surface area contributed by atoms with Gasteiger partial charge in [0.15, 0.2) is 9.84 Å². The molecular formula is C23H21F3N2O4S. The highest BCUT2D eigenvalue weighted by molar-refractivity contribution is 7.90. The predicted molar refractivity (Wildman–Crippen MR) is 117 cm³/mol. The van der Waals surface area contributed by atoms with Crippen molar-refractivity contribution in [3.05, 3.63) is 92.9 Å². The van der Waals surface area contributed by atoms with Crippen molar-refractivity contribution in [3.63, 3.8) is 0 Å². The number of hydrogen-bond donors (Lipinski definition) is 1. The van der Waals surface area contributed by atoms with Crippen LogP contribution in [0.3, 0.4) is 0 Å². The Bertz CT molecular complexity index is 1380. The third-order valence-electron chi connectivity index (χ3n) is 5.05. The van der Waals surface area contributed by atoms with Crippen LogP contribution in [0, 0.1) is 13.8 Å². The Morgan fingerprint density at radius 2 is 1.67 bits per heavy atom. The summed E-state index contributed by atoms with van der Waals surface area (Å²) in [6.45, 7) is 3.17. The summed E-state index contributed by atoms with van der Waals surface area (Å²) in [6, 6.07) is 11.8. The molecule has 0 bridgehead atoms. The van der Waals surface area contributed by atoms with Gasteiger partial charge < -0.3 is 5.32 Å². The van der Waals surface area contributed by atoms with Gasteiger partial charge in [0.25, 0.3) is 11.5 Å². The number of carbonyl (C=O) groups is 1. The quantitative estimate of drug-likeness (QED) is 0.605. The summed E-state index contributed by atoms with van der Waals surface area (Å²) in [7, 11) is -3.35. The lowest BCUT2D eigenvalue weighted by atomic mass is 10.1. The molecule has 0 unspecified atom stereocenters. The number of nitrogens with zero attached hydrogens (tertiary/aromatic N) is 1. The number of rotatable bonds is 5. The van der Waals surface area contributed by atoms with E-state index < -0.39 is 33.0 Å². The zero-order valence-corrected chi connectivity index (χ0v) is 18.8. The van der Waals surface area contributed by atoms with Crippen LogP contribution in [0.1, 0.15) is 32.7 Å². The van der Waals surface area contributed by atoms with Crippen LogP contribution in [0.2, 0.25) is 0 Å². The Morgan fingerprint density at radius 1 is 1.03 bits per heavy atom. The number of aromatic nitrogens is 1. The molecule has 0 atom stereocenters. The number of benzene rings is 2. The molecule has 0 aliphatic heterocycles. The highest BCUT2D eigenvalue weighted by Crippen LogP contribution is 2.30. The van der Waals surface area contributed by atoms with Gasteiger partial charge in [-0.25, -0.2) is 8.42 Å². The van der Waals surface area contributed by atoms with Crippen LogP contribution < -0.4 is 10.9 Å². The minimum atomic E-state index is -4.58. The predicted octanol–water partition coefficient (Wildman–Crippen LogP) is 3.81. The molecule has 3 aromatic rings. The molecule has 1 aromatic heterocycles. The second-order valence-corrected chi connectivity index (χ2v) is 9.65. The van der Waals surface area contributed by atoms with Gasteiger partial charge in [-0.1, -0.05) is 18.2 Å².